The summed E-state index contributed by atoms with van der Waals surface area (Å²) in [4.78, 5) is 52.9. The van der Waals surface area contributed by atoms with Gasteiger partial charge >= 0.3 is 0 Å². The molecule has 0 atom stereocenters. The zero-order valence-corrected chi connectivity index (χ0v) is 21.7. The zero-order valence-electron chi connectivity index (χ0n) is 20.9. The molecule has 0 radical (unpaired) electrons. The van der Waals surface area contributed by atoms with Crippen LogP contribution >= 0.6 is 11.8 Å². The number of para-hydroxylation sites is 2. The second-order valence-corrected chi connectivity index (χ2v) is 9.20. The summed E-state index contributed by atoms with van der Waals surface area (Å²) < 4.78 is 21.5. The van der Waals surface area contributed by atoms with E-state index in [4.69, 9.17) is 18.9 Å². The van der Waals surface area contributed by atoms with E-state index >= 15 is 0 Å². The second-order valence-electron chi connectivity index (χ2n) is 8.21. The molecule has 4 rings (SSSR count). The summed E-state index contributed by atoms with van der Waals surface area (Å²) >= 11 is 0.769. The lowest BCUT2D eigenvalue weighted by atomic mass is 10.2. The SMILES string of the molecule is COc1ccccc1NC(=O)COc1ccc(/C=C2\SC(=O)N(CC(=O)N3CCOCC3)C2=O)cc1OC. The van der Waals surface area contributed by atoms with E-state index in [1.807, 2.05) is 0 Å². The number of anilines is 1. The summed E-state index contributed by atoms with van der Waals surface area (Å²) in [5, 5.41) is 2.22. The number of methoxy groups -OCH3 is 2. The Kier molecular flexibility index (Phi) is 8.87. The highest BCUT2D eigenvalue weighted by Crippen LogP contribution is 2.34. The van der Waals surface area contributed by atoms with Gasteiger partial charge in [-0.05, 0) is 47.7 Å². The molecule has 0 unspecified atom stereocenters. The Morgan fingerprint density at radius 1 is 1.03 bits per heavy atom. The van der Waals surface area contributed by atoms with Gasteiger partial charge in [-0.15, -0.1) is 0 Å². The Morgan fingerprint density at radius 3 is 2.50 bits per heavy atom. The van der Waals surface area contributed by atoms with Crippen LogP contribution in [0.5, 0.6) is 17.2 Å². The van der Waals surface area contributed by atoms with E-state index in [0.717, 1.165) is 16.7 Å². The summed E-state index contributed by atoms with van der Waals surface area (Å²) in [6.45, 7) is 1.14. The van der Waals surface area contributed by atoms with Crippen molar-refractivity contribution in [1.29, 1.82) is 0 Å². The van der Waals surface area contributed by atoms with E-state index in [-0.39, 0.29) is 29.9 Å². The van der Waals surface area contributed by atoms with Gasteiger partial charge in [0.25, 0.3) is 17.1 Å². The highest BCUT2D eigenvalue weighted by molar-refractivity contribution is 8.18. The van der Waals surface area contributed by atoms with Gasteiger partial charge in [-0.25, -0.2) is 0 Å². The molecule has 12 heteroatoms. The van der Waals surface area contributed by atoms with Gasteiger partial charge in [-0.3, -0.25) is 24.1 Å². The third-order valence-electron chi connectivity index (χ3n) is 5.76. The third-order valence-corrected chi connectivity index (χ3v) is 6.66. The van der Waals surface area contributed by atoms with Gasteiger partial charge in [0.15, 0.2) is 18.1 Å². The van der Waals surface area contributed by atoms with Crippen LogP contribution in [0.3, 0.4) is 0 Å². The molecule has 2 aliphatic rings. The first-order chi connectivity index (χ1) is 18.4. The van der Waals surface area contributed by atoms with E-state index in [2.05, 4.69) is 5.32 Å². The van der Waals surface area contributed by atoms with Gasteiger partial charge in [-0.2, -0.15) is 0 Å². The van der Waals surface area contributed by atoms with Gasteiger partial charge in [0.1, 0.15) is 12.3 Å². The number of hydrogen-bond acceptors (Lipinski definition) is 9. The highest BCUT2D eigenvalue weighted by Gasteiger charge is 2.37. The van der Waals surface area contributed by atoms with Crippen molar-refractivity contribution in [1.82, 2.24) is 9.80 Å². The predicted octanol–water partition coefficient (Wildman–Crippen LogP) is 2.62. The smallest absolute Gasteiger partial charge is 0.294 e. The lowest BCUT2D eigenvalue weighted by Crippen LogP contribution is -2.46. The summed E-state index contributed by atoms with van der Waals surface area (Å²) in [6, 6.07) is 11.9. The van der Waals surface area contributed by atoms with E-state index in [1.54, 1.807) is 53.4 Å². The maximum atomic E-state index is 12.8. The summed E-state index contributed by atoms with van der Waals surface area (Å²) in [6.07, 6.45) is 1.55. The fraction of sp³-hybridized carbons (Fsp3) is 0.308. The second kappa shape index (κ2) is 12.5. The van der Waals surface area contributed by atoms with E-state index < -0.39 is 11.1 Å². The Labute approximate surface area is 223 Å². The van der Waals surface area contributed by atoms with Gasteiger partial charge in [0, 0.05) is 13.1 Å². The molecule has 11 nitrogen and oxygen atoms in total. The van der Waals surface area contributed by atoms with Crippen molar-refractivity contribution in [3.8, 4) is 17.2 Å². The number of nitrogens with zero attached hydrogens (tertiary/aromatic N) is 2. The molecule has 2 heterocycles. The molecule has 2 saturated heterocycles. The average Bonchev–Trinajstić information content (AvgIpc) is 3.20. The number of rotatable bonds is 9. The Balaban J connectivity index is 1.38. The van der Waals surface area contributed by atoms with Crippen molar-refractivity contribution in [2.45, 2.75) is 0 Å². The number of carbonyl (C=O) groups is 4. The molecular weight excluding hydrogens is 514 g/mol. The minimum Gasteiger partial charge on any atom is -0.495 e. The minimum absolute atomic E-state index is 0.191. The van der Waals surface area contributed by atoms with Gasteiger partial charge in [0.05, 0.1) is 38.0 Å². The van der Waals surface area contributed by atoms with Crippen LogP contribution in [0.4, 0.5) is 10.5 Å². The molecule has 0 bridgehead atoms. The highest BCUT2D eigenvalue weighted by atomic mass is 32.2. The number of nitrogens with one attached hydrogen (secondary N) is 1. The Morgan fingerprint density at radius 2 is 1.76 bits per heavy atom. The van der Waals surface area contributed by atoms with Crippen LogP contribution in [0.1, 0.15) is 5.56 Å². The maximum Gasteiger partial charge on any atom is 0.294 e. The molecule has 2 aromatic rings. The molecule has 2 aromatic carbocycles. The van der Waals surface area contributed by atoms with E-state index in [1.165, 1.54) is 14.2 Å². The lowest BCUT2D eigenvalue weighted by Gasteiger charge is -2.28. The molecule has 200 valence electrons. The summed E-state index contributed by atoms with van der Waals surface area (Å²) in [5.74, 6) is -0.0307. The van der Waals surface area contributed by atoms with E-state index in [0.29, 0.717) is 54.8 Å². The molecule has 0 saturated carbocycles. The third kappa shape index (κ3) is 6.45. The number of thioether (sulfide) groups is 1. The first-order valence-corrected chi connectivity index (χ1v) is 12.6. The van der Waals surface area contributed by atoms with Crippen LogP contribution in [-0.2, 0) is 19.1 Å². The number of ether oxygens (including phenoxy) is 4. The summed E-state index contributed by atoms with van der Waals surface area (Å²) in [7, 11) is 2.96. The van der Waals surface area contributed by atoms with Gasteiger partial charge < -0.3 is 29.2 Å². The fourth-order valence-corrected chi connectivity index (χ4v) is 4.64. The van der Waals surface area contributed by atoms with Crippen molar-refractivity contribution >= 4 is 46.5 Å². The average molecular weight is 542 g/mol. The molecule has 2 aliphatic heterocycles. The van der Waals surface area contributed by atoms with E-state index in [9.17, 15) is 19.2 Å². The maximum absolute atomic E-state index is 12.8. The van der Waals surface area contributed by atoms with Crippen LogP contribution in [0.15, 0.2) is 47.4 Å². The quantitative estimate of drug-likeness (QED) is 0.477. The number of carbonyl (C=O) groups excluding carboxylic acids is 4. The van der Waals surface area contributed by atoms with Crippen LogP contribution < -0.4 is 19.5 Å². The molecule has 0 aliphatic carbocycles. The van der Waals surface area contributed by atoms with Gasteiger partial charge in [-0.1, -0.05) is 18.2 Å². The zero-order chi connectivity index (χ0) is 27.1. The molecule has 0 aromatic heterocycles. The van der Waals surface area contributed by atoms with Crippen molar-refractivity contribution in [2.24, 2.45) is 0 Å². The monoisotopic (exact) mass is 541 g/mol. The minimum atomic E-state index is -0.533. The molecule has 2 fully saturated rings. The number of morpholine rings is 1. The normalized spacial score (nSPS) is 16.5. The molecule has 4 amide bonds. The van der Waals surface area contributed by atoms with Gasteiger partial charge in [0.2, 0.25) is 5.91 Å². The lowest BCUT2D eigenvalue weighted by molar-refractivity contribution is -0.139. The standard InChI is InChI=1S/C26H27N3O8S/c1-34-19-6-4-3-5-18(19)27-23(30)16-37-20-8-7-17(13-21(20)35-2)14-22-25(32)29(26(33)38-22)15-24(31)28-9-11-36-12-10-28/h3-8,13-14H,9-12,15-16H2,1-2H3,(H,27,30)/b22-14-. The van der Waals surface area contributed by atoms with Crippen molar-refractivity contribution in [3.63, 3.8) is 0 Å². The number of imide groups is 1. The van der Waals surface area contributed by atoms with Crippen LogP contribution in [-0.4, -0.2) is 86.4 Å². The topological polar surface area (TPSA) is 124 Å². The first-order valence-electron chi connectivity index (χ1n) is 11.7. The molecule has 1 N–H and O–H groups in total. The molecular formula is C26H27N3O8S. The van der Waals surface area contributed by atoms with Crippen LogP contribution in [0.25, 0.3) is 6.08 Å². The first kappa shape index (κ1) is 27.0. The number of hydrogen-bond donors (Lipinski definition) is 1. The van der Waals surface area contributed by atoms with Crippen LogP contribution in [0, 0.1) is 0 Å². The van der Waals surface area contributed by atoms with Crippen molar-refractivity contribution < 1.29 is 38.1 Å². The predicted molar refractivity (Wildman–Crippen MR) is 140 cm³/mol. The largest absolute Gasteiger partial charge is 0.495 e. The molecule has 38 heavy (non-hydrogen) atoms. The summed E-state index contributed by atoms with van der Waals surface area (Å²) in [5.41, 5.74) is 1.10. The molecule has 0 spiro atoms. The fourth-order valence-electron chi connectivity index (χ4n) is 3.81. The van der Waals surface area contributed by atoms with Crippen molar-refractivity contribution in [2.75, 3.05) is 59.0 Å². The number of benzene rings is 2. The van der Waals surface area contributed by atoms with Crippen LogP contribution in [0.2, 0.25) is 0 Å². The number of amides is 4. The van der Waals surface area contributed by atoms with Crippen molar-refractivity contribution in [3.05, 3.63) is 52.9 Å². The Hall–Kier alpha value is -4.03. The Bertz CT molecular complexity index is 1260.